The molecule has 1 aliphatic rings. The van der Waals surface area contributed by atoms with Gasteiger partial charge in [-0.15, -0.1) is 0 Å². The lowest BCUT2D eigenvalue weighted by molar-refractivity contribution is 0.102. The highest BCUT2D eigenvalue weighted by molar-refractivity contribution is 6.04. The Morgan fingerprint density at radius 3 is 2.77 bits per heavy atom. The number of nitrogens with one attached hydrogen (secondary N) is 2. The summed E-state index contributed by atoms with van der Waals surface area (Å²) in [4.78, 5) is 27.3. The number of nitrogens with zero attached hydrogens (tertiary/aromatic N) is 3. The standard InChI is InChI=1S/C22H27N5O4/c1-14-15(2)23-18-5-4-16(12-17(14)18)24-21(28)19-13-20(31-11-10-29-3)26-22(25-19)27-6-8-30-9-7-27/h4-5,12-13,23H,6-11H2,1-3H3,(H,24,28). The topological polar surface area (TPSA) is 102 Å². The van der Waals surface area contributed by atoms with E-state index < -0.39 is 0 Å². The summed E-state index contributed by atoms with van der Waals surface area (Å²) in [7, 11) is 1.60. The summed E-state index contributed by atoms with van der Waals surface area (Å²) in [5, 5.41) is 4.02. The van der Waals surface area contributed by atoms with Crippen LogP contribution < -0.4 is 15.0 Å². The van der Waals surface area contributed by atoms with Gasteiger partial charge in [0.2, 0.25) is 11.8 Å². The number of carbonyl (C=O) groups is 1. The van der Waals surface area contributed by atoms with Crippen molar-refractivity contribution in [2.24, 2.45) is 0 Å². The average Bonchev–Trinajstić information content (AvgIpc) is 3.07. The molecule has 164 valence electrons. The maximum absolute atomic E-state index is 13.0. The summed E-state index contributed by atoms with van der Waals surface area (Å²) in [6, 6.07) is 7.35. The highest BCUT2D eigenvalue weighted by Crippen LogP contribution is 2.25. The van der Waals surface area contributed by atoms with Crippen LogP contribution in [0.1, 0.15) is 21.7 Å². The molecule has 4 rings (SSSR count). The Hall–Kier alpha value is -3.17. The van der Waals surface area contributed by atoms with Gasteiger partial charge in [0.05, 0.1) is 19.8 Å². The van der Waals surface area contributed by atoms with Crippen LogP contribution in [0, 0.1) is 13.8 Å². The molecule has 1 aliphatic heterocycles. The monoisotopic (exact) mass is 425 g/mol. The molecule has 2 N–H and O–H groups in total. The summed E-state index contributed by atoms with van der Waals surface area (Å²) in [5.41, 5.74) is 4.26. The molecule has 1 amide bonds. The summed E-state index contributed by atoms with van der Waals surface area (Å²) >= 11 is 0. The van der Waals surface area contributed by atoms with E-state index >= 15 is 0 Å². The number of aromatic amines is 1. The number of anilines is 2. The Kier molecular flexibility index (Phi) is 6.34. The van der Waals surface area contributed by atoms with Gasteiger partial charge in [-0.05, 0) is 37.6 Å². The maximum Gasteiger partial charge on any atom is 0.274 e. The number of carbonyl (C=O) groups excluding carboxylic acids is 1. The van der Waals surface area contributed by atoms with Crippen molar-refractivity contribution in [3.8, 4) is 5.88 Å². The van der Waals surface area contributed by atoms with Gasteiger partial charge in [-0.25, -0.2) is 4.98 Å². The highest BCUT2D eigenvalue weighted by Gasteiger charge is 2.19. The SMILES string of the molecule is COCCOc1cc(C(=O)Nc2ccc3[nH]c(C)c(C)c3c2)nc(N2CCOCC2)n1. The second kappa shape index (κ2) is 9.32. The molecule has 0 spiro atoms. The van der Waals surface area contributed by atoms with Gasteiger partial charge < -0.3 is 29.4 Å². The Balaban J connectivity index is 1.59. The number of benzene rings is 1. The summed E-state index contributed by atoms with van der Waals surface area (Å²) in [6.45, 7) is 7.35. The van der Waals surface area contributed by atoms with Crippen molar-refractivity contribution < 1.29 is 19.0 Å². The van der Waals surface area contributed by atoms with Crippen molar-refractivity contribution in [1.82, 2.24) is 15.0 Å². The third-order valence-electron chi connectivity index (χ3n) is 5.32. The number of hydrogen-bond acceptors (Lipinski definition) is 7. The predicted octanol–water partition coefficient (Wildman–Crippen LogP) is 2.69. The first kappa shape index (κ1) is 21.1. The summed E-state index contributed by atoms with van der Waals surface area (Å²) in [5.74, 6) is 0.472. The number of ether oxygens (including phenoxy) is 3. The van der Waals surface area contributed by atoms with E-state index in [0.717, 1.165) is 22.2 Å². The number of H-pyrrole nitrogens is 1. The minimum atomic E-state index is -0.322. The molecule has 1 saturated heterocycles. The van der Waals surface area contributed by atoms with E-state index in [0.29, 0.717) is 57.0 Å². The van der Waals surface area contributed by atoms with Gasteiger partial charge in [-0.2, -0.15) is 4.98 Å². The lowest BCUT2D eigenvalue weighted by Gasteiger charge is -2.27. The van der Waals surface area contributed by atoms with Crippen molar-refractivity contribution in [3.63, 3.8) is 0 Å². The van der Waals surface area contributed by atoms with Crippen LogP contribution in [-0.2, 0) is 9.47 Å². The van der Waals surface area contributed by atoms with Crippen LogP contribution in [0.3, 0.4) is 0 Å². The molecule has 2 aromatic heterocycles. The van der Waals surface area contributed by atoms with E-state index in [1.165, 1.54) is 0 Å². The third kappa shape index (κ3) is 4.78. The number of methoxy groups -OCH3 is 1. The van der Waals surface area contributed by atoms with Crippen LogP contribution in [0.25, 0.3) is 10.9 Å². The van der Waals surface area contributed by atoms with Crippen molar-refractivity contribution >= 4 is 28.4 Å². The highest BCUT2D eigenvalue weighted by atomic mass is 16.5. The van der Waals surface area contributed by atoms with Gasteiger partial charge in [0, 0.05) is 48.5 Å². The first-order valence-corrected chi connectivity index (χ1v) is 10.3. The van der Waals surface area contributed by atoms with Crippen molar-refractivity contribution in [2.75, 3.05) is 56.8 Å². The first-order valence-electron chi connectivity index (χ1n) is 10.3. The minimum Gasteiger partial charge on any atom is -0.475 e. The van der Waals surface area contributed by atoms with Crippen LogP contribution in [0.5, 0.6) is 5.88 Å². The fourth-order valence-corrected chi connectivity index (χ4v) is 3.47. The zero-order valence-electron chi connectivity index (χ0n) is 18.0. The van der Waals surface area contributed by atoms with Crippen molar-refractivity contribution in [3.05, 3.63) is 41.2 Å². The normalized spacial score (nSPS) is 14.1. The van der Waals surface area contributed by atoms with Crippen LogP contribution in [0.2, 0.25) is 0 Å². The van der Waals surface area contributed by atoms with E-state index in [9.17, 15) is 4.79 Å². The summed E-state index contributed by atoms with van der Waals surface area (Å²) < 4.78 is 16.1. The lowest BCUT2D eigenvalue weighted by Crippen LogP contribution is -2.37. The van der Waals surface area contributed by atoms with E-state index in [-0.39, 0.29) is 11.6 Å². The number of fused-ring (bicyclic) bond motifs is 1. The van der Waals surface area contributed by atoms with Crippen LogP contribution in [0.15, 0.2) is 24.3 Å². The molecule has 0 radical (unpaired) electrons. The van der Waals surface area contributed by atoms with Crippen molar-refractivity contribution in [1.29, 1.82) is 0 Å². The molecule has 9 nitrogen and oxygen atoms in total. The van der Waals surface area contributed by atoms with Crippen LogP contribution >= 0.6 is 0 Å². The minimum absolute atomic E-state index is 0.242. The van der Waals surface area contributed by atoms with E-state index in [2.05, 4.69) is 27.2 Å². The molecule has 0 atom stereocenters. The van der Waals surface area contributed by atoms with Gasteiger partial charge in [0.15, 0.2) is 0 Å². The number of hydrogen-bond donors (Lipinski definition) is 2. The smallest absolute Gasteiger partial charge is 0.274 e. The second-order valence-electron chi connectivity index (χ2n) is 7.42. The number of aromatic nitrogens is 3. The number of morpholine rings is 1. The van der Waals surface area contributed by atoms with Gasteiger partial charge in [0.1, 0.15) is 12.3 Å². The second-order valence-corrected chi connectivity index (χ2v) is 7.42. The van der Waals surface area contributed by atoms with Gasteiger partial charge >= 0.3 is 0 Å². The third-order valence-corrected chi connectivity index (χ3v) is 5.32. The Morgan fingerprint density at radius 1 is 1.19 bits per heavy atom. The molecule has 0 saturated carbocycles. The van der Waals surface area contributed by atoms with E-state index in [4.69, 9.17) is 14.2 Å². The van der Waals surface area contributed by atoms with Crippen LogP contribution in [-0.4, -0.2) is 67.5 Å². The Bertz CT molecular complexity index is 1080. The van der Waals surface area contributed by atoms with Gasteiger partial charge in [-0.1, -0.05) is 0 Å². The molecule has 0 bridgehead atoms. The molecule has 9 heteroatoms. The van der Waals surface area contributed by atoms with Gasteiger partial charge in [0.25, 0.3) is 5.91 Å². The molecule has 0 aliphatic carbocycles. The predicted molar refractivity (Wildman–Crippen MR) is 118 cm³/mol. The van der Waals surface area contributed by atoms with Gasteiger partial charge in [-0.3, -0.25) is 4.79 Å². The van der Waals surface area contributed by atoms with Crippen molar-refractivity contribution in [2.45, 2.75) is 13.8 Å². The van der Waals surface area contributed by atoms with Crippen LogP contribution in [0.4, 0.5) is 11.6 Å². The molecular weight excluding hydrogens is 398 g/mol. The molecule has 3 heterocycles. The number of amides is 1. The fourth-order valence-electron chi connectivity index (χ4n) is 3.47. The molecule has 1 fully saturated rings. The number of aryl methyl sites for hydroxylation is 2. The first-order chi connectivity index (χ1) is 15.0. The lowest BCUT2D eigenvalue weighted by atomic mass is 10.1. The zero-order valence-corrected chi connectivity index (χ0v) is 18.0. The number of rotatable bonds is 7. The molecule has 31 heavy (non-hydrogen) atoms. The van der Waals surface area contributed by atoms with E-state index in [1.54, 1.807) is 13.2 Å². The molecule has 3 aromatic rings. The Labute approximate surface area is 180 Å². The quantitative estimate of drug-likeness (QED) is 0.561. The largest absolute Gasteiger partial charge is 0.475 e. The fraction of sp³-hybridized carbons (Fsp3) is 0.409. The summed E-state index contributed by atoms with van der Waals surface area (Å²) in [6.07, 6.45) is 0. The maximum atomic E-state index is 13.0. The Morgan fingerprint density at radius 2 is 2.00 bits per heavy atom. The zero-order chi connectivity index (χ0) is 21.8. The average molecular weight is 425 g/mol. The molecular formula is C22H27N5O4. The van der Waals surface area contributed by atoms with E-state index in [1.807, 2.05) is 30.0 Å². The molecule has 0 unspecified atom stereocenters. The molecule has 1 aromatic carbocycles.